The van der Waals surface area contributed by atoms with E-state index in [4.69, 9.17) is 0 Å². The van der Waals surface area contributed by atoms with E-state index < -0.39 is 0 Å². The van der Waals surface area contributed by atoms with Crippen molar-refractivity contribution >= 4 is 0 Å². The minimum Gasteiger partial charge on any atom is -0.0651 e. The lowest BCUT2D eigenvalue weighted by Gasteiger charge is -2.44. The van der Waals surface area contributed by atoms with Gasteiger partial charge in [-0.2, -0.15) is 0 Å². The van der Waals surface area contributed by atoms with Gasteiger partial charge < -0.3 is 0 Å². The van der Waals surface area contributed by atoms with Gasteiger partial charge in [-0.1, -0.05) is 47.0 Å². The first kappa shape index (κ1) is 11.1. The Balaban J connectivity index is 2.24. The van der Waals surface area contributed by atoms with Crippen molar-refractivity contribution in [1.82, 2.24) is 0 Å². The highest BCUT2D eigenvalue weighted by molar-refractivity contribution is 4.86. The normalized spacial score (nSPS) is 33.5. The van der Waals surface area contributed by atoms with Crippen molar-refractivity contribution < 1.29 is 0 Å². The maximum absolute atomic E-state index is 2.46. The zero-order chi connectivity index (χ0) is 9.84. The van der Waals surface area contributed by atoms with Gasteiger partial charge in [-0.3, -0.25) is 0 Å². The Kier molecular flexibility index (Phi) is 4.28. The summed E-state index contributed by atoms with van der Waals surface area (Å²) in [6.45, 7) is 9.49. The first-order chi connectivity index (χ1) is 6.22. The van der Waals surface area contributed by atoms with Crippen molar-refractivity contribution in [3.05, 3.63) is 0 Å². The first-order valence-electron chi connectivity index (χ1n) is 6.22. The molecular weight excluding hydrogens is 156 g/mol. The Morgan fingerprint density at radius 2 is 1.69 bits per heavy atom. The van der Waals surface area contributed by atoms with E-state index in [1.54, 1.807) is 0 Å². The third-order valence-electron chi connectivity index (χ3n) is 4.41. The molecule has 0 aromatic rings. The summed E-state index contributed by atoms with van der Waals surface area (Å²) >= 11 is 0. The predicted molar refractivity (Wildman–Crippen MR) is 59.7 cm³/mol. The van der Waals surface area contributed by atoms with Crippen molar-refractivity contribution in [2.24, 2.45) is 23.7 Å². The molecule has 0 N–H and O–H groups in total. The van der Waals surface area contributed by atoms with Gasteiger partial charge in [0.15, 0.2) is 0 Å². The van der Waals surface area contributed by atoms with Crippen LogP contribution < -0.4 is 0 Å². The van der Waals surface area contributed by atoms with E-state index in [0.29, 0.717) is 0 Å². The Hall–Kier alpha value is 0. The van der Waals surface area contributed by atoms with Crippen molar-refractivity contribution in [3.63, 3.8) is 0 Å². The van der Waals surface area contributed by atoms with Gasteiger partial charge in [0.2, 0.25) is 0 Å². The fourth-order valence-electron chi connectivity index (χ4n) is 2.91. The van der Waals surface area contributed by atoms with Crippen LogP contribution in [0.2, 0.25) is 0 Å². The molecule has 0 saturated heterocycles. The van der Waals surface area contributed by atoms with Crippen LogP contribution in [0.15, 0.2) is 0 Å². The van der Waals surface area contributed by atoms with Crippen molar-refractivity contribution in [2.45, 2.75) is 59.8 Å². The average Bonchev–Trinajstić information content (AvgIpc) is 2.17. The van der Waals surface area contributed by atoms with Crippen LogP contribution in [0.5, 0.6) is 0 Å². The zero-order valence-corrected chi connectivity index (χ0v) is 9.84. The topological polar surface area (TPSA) is 0 Å². The van der Waals surface area contributed by atoms with Crippen LogP contribution in [-0.2, 0) is 0 Å². The van der Waals surface area contributed by atoms with Crippen molar-refractivity contribution in [3.8, 4) is 0 Å². The molecule has 1 saturated carbocycles. The zero-order valence-electron chi connectivity index (χ0n) is 9.84. The van der Waals surface area contributed by atoms with E-state index >= 15 is 0 Å². The van der Waals surface area contributed by atoms with Crippen LogP contribution in [0.3, 0.4) is 0 Å². The first-order valence-corrected chi connectivity index (χ1v) is 6.22. The van der Waals surface area contributed by atoms with Gasteiger partial charge in [0, 0.05) is 0 Å². The summed E-state index contributed by atoms with van der Waals surface area (Å²) in [5.74, 6) is 4.14. The second-order valence-electron chi connectivity index (χ2n) is 4.94. The Morgan fingerprint density at radius 3 is 2.08 bits per heavy atom. The average molecular weight is 182 g/mol. The van der Waals surface area contributed by atoms with Gasteiger partial charge in [-0.25, -0.2) is 0 Å². The minimum absolute atomic E-state index is 1.00. The largest absolute Gasteiger partial charge is 0.0651 e. The maximum atomic E-state index is 2.46. The third-order valence-corrected chi connectivity index (χ3v) is 4.41. The highest BCUT2D eigenvalue weighted by Crippen LogP contribution is 2.45. The molecule has 1 fully saturated rings. The molecule has 78 valence electrons. The predicted octanol–water partition coefficient (Wildman–Crippen LogP) is 4.49. The molecule has 0 aliphatic heterocycles. The summed E-state index contributed by atoms with van der Waals surface area (Å²) in [5.41, 5.74) is 0. The van der Waals surface area contributed by atoms with E-state index in [1.165, 1.54) is 32.1 Å². The van der Waals surface area contributed by atoms with Crippen LogP contribution in [0.1, 0.15) is 59.8 Å². The van der Waals surface area contributed by atoms with E-state index in [9.17, 15) is 0 Å². The molecular formula is C13H26. The smallest absolute Gasteiger partial charge is 0.0380 e. The monoisotopic (exact) mass is 182 g/mol. The molecule has 0 bridgehead atoms. The van der Waals surface area contributed by atoms with E-state index in [2.05, 4.69) is 27.7 Å². The fourth-order valence-corrected chi connectivity index (χ4v) is 2.91. The summed E-state index contributed by atoms with van der Waals surface area (Å²) < 4.78 is 0. The summed E-state index contributed by atoms with van der Waals surface area (Å²) in [5, 5.41) is 0. The quantitative estimate of drug-likeness (QED) is 0.587. The second kappa shape index (κ2) is 5.02. The van der Waals surface area contributed by atoms with Gasteiger partial charge in [0.1, 0.15) is 0 Å². The van der Waals surface area contributed by atoms with Crippen LogP contribution >= 0.6 is 0 Å². The molecule has 0 aromatic carbocycles. The fraction of sp³-hybridized carbons (Fsp3) is 1.00. The van der Waals surface area contributed by atoms with Gasteiger partial charge >= 0.3 is 0 Å². The summed E-state index contributed by atoms with van der Waals surface area (Å²) in [6, 6.07) is 0. The minimum atomic E-state index is 1.00. The maximum Gasteiger partial charge on any atom is -0.0380 e. The van der Waals surface area contributed by atoms with E-state index in [0.717, 1.165) is 23.7 Å². The molecule has 1 aliphatic rings. The standard InChI is InChI=1S/C13H26/c1-5-11(6-2)8-13-9-12(7-3)10(13)4/h10-13H,5-9H2,1-4H3. The number of hydrogen-bond donors (Lipinski definition) is 0. The Morgan fingerprint density at radius 1 is 1.08 bits per heavy atom. The molecule has 0 amide bonds. The van der Waals surface area contributed by atoms with Gasteiger partial charge in [-0.15, -0.1) is 0 Å². The highest BCUT2D eigenvalue weighted by Gasteiger charge is 2.36. The number of rotatable bonds is 5. The van der Waals surface area contributed by atoms with Crippen LogP contribution in [0.25, 0.3) is 0 Å². The number of hydrogen-bond acceptors (Lipinski definition) is 0. The molecule has 0 radical (unpaired) electrons. The summed E-state index contributed by atoms with van der Waals surface area (Å²) in [7, 11) is 0. The summed E-state index contributed by atoms with van der Waals surface area (Å²) in [4.78, 5) is 0. The van der Waals surface area contributed by atoms with Crippen LogP contribution in [-0.4, -0.2) is 0 Å². The molecule has 0 heteroatoms. The third kappa shape index (κ3) is 2.48. The lowest BCUT2D eigenvalue weighted by Crippen LogP contribution is -2.35. The van der Waals surface area contributed by atoms with E-state index in [1.807, 2.05) is 0 Å². The Labute approximate surface area is 84.1 Å². The molecule has 3 unspecified atom stereocenters. The second-order valence-corrected chi connectivity index (χ2v) is 4.94. The molecule has 13 heavy (non-hydrogen) atoms. The van der Waals surface area contributed by atoms with Crippen LogP contribution in [0.4, 0.5) is 0 Å². The summed E-state index contributed by atoms with van der Waals surface area (Å²) in [6.07, 6.45) is 7.20. The molecule has 1 rings (SSSR count). The van der Waals surface area contributed by atoms with Crippen molar-refractivity contribution in [1.29, 1.82) is 0 Å². The van der Waals surface area contributed by atoms with Gasteiger partial charge in [0.25, 0.3) is 0 Å². The Bertz CT molecular complexity index is 135. The SMILES string of the molecule is CCC(CC)CC1CC(CC)C1C. The molecule has 0 aromatic heterocycles. The molecule has 0 heterocycles. The lowest BCUT2D eigenvalue weighted by atomic mass is 9.62. The van der Waals surface area contributed by atoms with E-state index in [-0.39, 0.29) is 0 Å². The van der Waals surface area contributed by atoms with Crippen molar-refractivity contribution in [2.75, 3.05) is 0 Å². The highest BCUT2D eigenvalue weighted by atomic mass is 14.4. The molecule has 1 aliphatic carbocycles. The van der Waals surface area contributed by atoms with Crippen LogP contribution in [0, 0.1) is 23.7 Å². The van der Waals surface area contributed by atoms with Gasteiger partial charge in [-0.05, 0) is 36.5 Å². The van der Waals surface area contributed by atoms with Gasteiger partial charge in [0.05, 0.1) is 0 Å². The molecule has 0 nitrogen and oxygen atoms in total. The molecule has 0 spiro atoms. The molecule has 3 atom stereocenters. The lowest BCUT2D eigenvalue weighted by molar-refractivity contribution is 0.0609.